The van der Waals surface area contributed by atoms with Crippen molar-refractivity contribution in [3.8, 4) is 0 Å². The van der Waals surface area contributed by atoms with Gasteiger partial charge in [-0.1, -0.05) is 50.6 Å². The molecule has 1 aromatic rings. The Hall–Kier alpha value is -0.690. The highest BCUT2D eigenvalue weighted by Gasteiger charge is 2.30. The predicted molar refractivity (Wildman–Crippen MR) is 82.0 cm³/mol. The SMILES string of the molecule is CC1=CC[C@H](C(C)(C)C)C[C@@H]1Sc1ccccc1. The van der Waals surface area contributed by atoms with E-state index in [0.29, 0.717) is 10.7 Å². The van der Waals surface area contributed by atoms with Crippen LogP contribution in [0.15, 0.2) is 46.9 Å². The minimum atomic E-state index is 0.423. The molecule has 1 heteroatoms. The van der Waals surface area contributed by atoms with Gasteiger partial charge in [-0.25, -0.2) is 0 Å². The van der Waals surface area contributed by atoms with E-state index in [1.807, 2.05) is 11.8 Å². The minimum Gasteiger partial charge on any atom is -0.118 e. The minimum absolute atomic E-state index is 0.423. The molecule has 0 unspecified atom stereocenters. The molecule has 0 bridgehead atoms. The average Bonchev–Trinajstić information content (AvgIpc) is 2.32. The van der Waals surface area contributed by atoms with Crippen LogP contribution >= 0.6 is 11.8 Å². The first-order valence-electron chi connectivity index (χ1n) is 6.85. The third-order valence-electron chi connectivity index (χ3n) is 3.98. The summed E-state index contributed by atoms with van der Waals surface area (Å²) < 4.78 is 0. The Balaban J connectivity index is 2.08. The van der Waals surface area contributed by atoms with E-state index in [0.717, 1.165) is 5.92 Å². The standard InChI is InChI=1S/C17H24S/c1-13-10-11-14(17(2,3)4)12-16(13)18-15-8-6-5-7-9-15/h5-10,14,16H,11-12H2,1-4H3/t14-,16-/m0/s1. The molecular weight excluding hydrogens is 236 g/mol. The lowest BCUT2D eigenvalue weighted by molar-refractivity contribution is 0.223. The lowest BCUT2D eigenvalue weighted by Crippen LogP contribution is -2.27. The molecule has 0 aliphatic heterocycles. The van der Waals surface area contributed by atoms with Crippen molar-refractivity contribution in [1.82, 2.24) is 0 Å². The van der Waals surface area contributed by atoms with Crippen molar-refractivity contribution >= 4 is 11.8 Å². The normalized spacial score (nSPS) is 24.8. The van der Waals surface area contributed by atoms with E-state index in [4.69, 9.17) is 0 Å². The Morgan fingerprint density at radius 2 is 1.78 bits per heavy atom. The third-order valence-corrected chi connectivity index (χ3v) is 5.37. The number of hydrogen-bond acceptors (Lipinski definition) is 1. The molecule has 0 spiro atoms. The Bertz CT molecular complexity index is 411. The molecular formula is C17H24S. The lowest BCUT2D eigenvalue weighted by atomic mass is 9.73. The summed E-state index contributed by atoms with van der Waals surface area (Å²) in [6.45, 7) is 9.41. The molecule has 1 aliphatic rings. The van der Waals surface area contributed by atoms with Gasteiger partial charge in [-0.2, -0.15) is 0 Å². The van der Waals surface area contributed by atoms with E-state index in [1.54, 1.807) is 5.57 Å². The molecule has 0 radical (unpaired) electrons. The zero-order valence-electron chi connectivity index (χ0n) is 11.9. The highest BCUT2D eigenvalue weighted by Crippen LogP contribution is 2.42. The van der Waals surface area contributed by atoms with Gasteiger partial charge in [-0.05, 0) is 43.2 Å². The zero-order valence-corrected chi connectivity index (χ0v) is 12.8. The van der Waals surface area contributed by atoms with E-state index < -0.39 is 0 Å². The second kappa shape index (κ2) is 5.52. The lowest BCUT2D eigenvalue weighted by Gasteiger charge is -2.36. The van der Waals surface area contributed by atoms with Gasteiger partial charge in [0.2, 0.25) is 0 Å². The van der Waals surface area contributed by atoms with Gasteiger partial charge in [-0.3, -0.25) is 0 Å². The van der Waals surface area contributed by atoms with E-state index >= 15 is 0 Å². The van der Waals surface area contributed by atoms with E-state index in [9.17, 15) is 0 Å². The molecule has 0 saturated heterocycles. The van der Waals surface area contributed by atoms with Crippen LogP contribution in [0.3, 0.4) is 0 Å². The summed E-state index contributed by atoms with van der Waals surface area (Å²) >= 11 is 2.02. The van der Waals surface area contributed by atoms with E-state index in [-0.39, 0.29) is 0 Å². The van der Waals surface area contributed by atoms with Gasteiger partial charge in [-0.15, -0.1) is 11.8 Å². The largest absolute Gasteiger partial charge is 0.118 e. The summed E-state index contributed by atoms with van der Waals surface area (Å²) in [7, 11) is 0. The number of thioether (sulfide) groups is 1. The van der Waals surface area contributed by atoms with Crippen molar-refractivity contribution in [2.75, 3.05) is 0 Å². The van der Waals surface area contributed by atoms with Crippen LogP contribution in [0, 0.1) is 11.3 Å². The predicted octanol–water partition coefficient (Wildman–Crippen LogP) is 5.55. The first-order chi connectivity index (χ1) is 8.47. The van der Waals surface area contributed by atoms with Crippen LogP contribution in [0.1, 0.15) is 40.5 Å². The maximum Gasteiger partial charge on any atom is 0.0304 e. The zero-order chi connectivity index (χ0) is 13.2. The molecule has 0 heterocycles. The van der Waals surface area contributed by atoms with Crippen LogP contribution < -0.4 is 0 Å². The number of benzene rings is 1. The summed E-state index contributed by atoms with van der Waals surface area (Å²) in [5, 5.41) is 0.658. The van der Waals surface area contributed by atoms with Crippen molar-refractivity contribution in [2.24, 2.45) is 11.3 Å². The van der Waals surface area contributed by atoms with Crippen molar-refractivity contribution in [1.29, 1.82) is 0 Å². The van der Waals surface area contributed by atoms with Gasteiger partial charge in [0.15, 0.2) is 0 Å². The number of allylic oxidation sites excluding steroid dienone is 1. The topological polar surface area (TPSA) is 0 Å². The fourth-order valence-electron chi connectivity index (χ4n) is 2.51. The van der Waals surface area contributed by atoms with Crippen molar-refractivity contribution in [3.63, 3.8) is 0 Å². The molecule has 1 aliphatic carbocycles. The molecule has 2 rings (SSSR count). The number of rotatable bonds is 2. The van der Waals surface area contributed by atoms with Gasteiger partial charge >= 0.3 is 0 Å². The quantitative estimate of drug-likeness (QED) is 0.628. The first kappa shape index (κ1) is 13.7. The van der Waals surface area contributed by atoms with Crippen LogP contribution in [0.4, 0.5) is 0 Å². The average molecular weight is 260 g/mol. The smallest absolute Gasteiger partial charge is 0.0304 e. The van der Waals surface area contributed by atoms with Crippen molar-refractivity contribution in [2.45, 2.75) is 50.7 Å². The molecule has 2 atom stereocenters. The van der Waals surface area contributed by atoms with Crippen LogP contribution in [0.25, 0.3) is 0 Å². The second-order valence-corrected chi connectivity index (χ2v) is 7.68. The Morgan fingerprint density at radius 1 is 1.11 bits per heavy atom. The molecule has 0 N–H and O–H groups in total. The van der Waals surface area contributed by atoms with Crippen LogP contribution in [0.2, 0.25) is 0 Å². The number of hydrogen-bond donors (Lipinski definition) is 0. The highest BCUT2D eigenvalue weighted by atomic mass is 32.2. The van der Waals surface area contributed by atoms with Gasteiger partial charge in [0.05, 0.1) is 0 Å². The molecule has 0 saturated carbocycles. The van der Waals surface area contributed by atoms with Gasteiger partial charge in [0.1, 0.15) is 0 Å². The summed E-state index contributed by atoms with van der Waals surface area (Å²) in [6.07, 6.45) is 5.02. The summed E-state index contributed by atoms with van der Waals surface area (Å²) in [4.78, 5) is 1.39. The molecule has 0 amide bonds. The van der Waals surface area contributed by atoms with Crippen molar-refractivity contribution in [3.05, 3.63) is 42.0 Å². The van der Waals surface area contributed by atoms with Crippen LogP contribution in [0.5, 0.6) is 0 Å². The molecule has 0 nitrogen and oxygen atoms in total. The van der Waals surface area contributed by atoms with E-state index in [1.165, 1.54) is 17.7 Å². The van der Waals surface area contributed by atoms with Gasteiger partial charge in [0, 0.05) is 10.1 Å². The summed E-state index contributed by atoms with van der Waals surface area (Å²) in [5.41, 5.74) is 1.98. The van der Waals surface area contributed by atoms with E-state index in [2.05, 4.69) is 64.1 Å². The molecule has 0 aromatic heterocycles. The Morgan fingerprint density at radius 3 is 2.39 bits per heavy atom. The van der Waals surface area contributed by atoms with Gasteiger partial charge in [0.25, 0.3) is 0 Å². The summed E-state index contributed by atoms with van der Waals surface area (Å²) in [6, 6.07) is 10.8. The Labute approximate surface area is 116 Å². The molecule has 0 fully saturated rings. The van der Waals surface area contributed by atoms with Crippen LogP contribution in [-0.4, -0.2) is 5.25 Å². The molecule has 18 heavy (non-hydrogen) atoms. The monoisotopic (exact) mass is 260 g/mol. The first-order valence-corrected chi connectivity index (χ1v) is 7.73. The van der Waals surface area contributed by atoms with Crippen molar-refractivity contribution < 1.29 is 0 Å². The highest BCUT2D eigenvalue weighted by molar-refractivity contribution is 8.00. The molecule has 1 aromatic carbocycles. The fraction of sp³-hybridized carbons (Fsp3) is 0.529. The van der Waals surface area contributed by atoms with Crippen LogP contribution in [-0.2, 0) is 0 Å². The fourth-order valence-corrected chi connectivity index (χ4v) is 3.77. The Kier molecular flexibility index (Phi) is 4.21. The van der Waals surface area contributed by atoms with Gasteiger partial charge < -0.3 is 0 Å². The maximum atomic E-state index is 2.46. The second-order valence-electron chi connectivity index (χ2n) is 6.40. The molecule has 98 valence electrons. The maximum absolute atomic E-state index is 2.46. The summed E-state index contributed by atoms with van der Waals surface area (Å²) in [5.74, 6) is 0.808. The third kappa shape index (κ3) is 3.41.